The summed E-state index contributed by atoms with van der Waals surface area (Å²) in [4.78, 5) is 13.2. The highest BCUT2D eigenvalue weighted by Gasteiger charge is 2.56. The number of Topliss-reactive ketones (excluding diaryl/α,β-unsaturated/α-hetero) is 1. The minimum atomic E-state index is -1.67. The largest absolute Gasteiger partial charge is 0.502 e. The quantitative estimate of drug-likeness (QED) is 0.769. The molecule has 0 amide bonds. The summed E-state index contributed by atoms with van der Waals surface area (Å²) in [6, 6.07) is 6.80. The summed E-state index contributed by atoms with van der Waals surface area (Å²) < 4.78 is 27.8. The number of hydrogen-bond acceptors (Lipinski definition) is 8. The van der Waals surface area contributed by atoms with Gasteiger partial charge in [-0.2, -0.15) is 0 Å². The highest BCUT2D eigenvalue weighted by atomic mass is 16.7. The number of fused-ring (bicyclic) bond motifs is 3. The molecule has 2 aromatic carbocycles. The monoisotopic (exact) mass is 428 g/mol. The number of aliphatic hydroxyl groups is 1. The maximum Gasteiger partial charge on any atom is 0.231 e. The third kappa shape index (κ3) is 2.96. The highest BCUT2D eigenvalue weighted by molar-refractivity contribution is 5.86. The third-order valence-corrected chi connectivity index (χ3v) is 6.34. The zero-order chi connectivity index (χ0) is 21.9. The van der Waals surface area contributed by atoms with Gasteiger partial charge < -0.3 is 33.9 Å². The molecule has 1 aliphatic carbocycles. The van der Waals surface area contributed by atoms with Gasteiger partial charge in [-0.25, -0.2) is 0 Å². The summed E-state index contributed by atoms with van der Waals surface area (Å²) >= 11 is 0. The van der Waals surface area contributed by atoms with E-state index in [1.165, 1.54) is 14.2 Å². The Kier molecular flexibility index (Phi) is 4.44. The maximum absolute atomic E-state index is 13.2. The van der Waals surface area contributed by atoms with Crippen molar-refractivity contribution < 1.29 is 38.7 Å². The number of ether oxygens (including phenoxy) is 5. The number of carbonyl (C=O) groups is 1. The zero-order valence-electron chi connectivity index (χ0n) is 17.5. The van der Waals surface area contributed by atoms with E-state index in [-0.39, 0.29) is 35.7 Å². The summed E-state index contributed by atoms with van der Waals surface area (Å²) in [5.74, 6) is -1.38. The first kappa shape index (κ1) is 19.8. The van der Waals surface area contributed by atoms with Gasteiger partial charge in [0.15, 0.2) is 23.0 Å². The van der Waals surface area contributed by atoms with E-state index in [2.05, 4.69) is 0 Å². The summed E-state index contributed by atoms with van der Waals surface area (Å²) in [6.07, 6.45) is 0.666. The zero-order valence-corrected chi connectivity index (χ0v) is 17.5. The SMILES string of the molecule is COc1cc(C2c3cc4c(cc3OC3(O)CC(C)CC(=O)C23)OCO4)cc(OC)c1O. The lowest BCUT2D eigenvalue weighted by Gasteiger charge is -2.48. The predicted molar refractivity (Wildman–Crippen MR) is 108 cm³/mol. The lowest BCUT2D eigenvalue weighted by Crippen LogP contribution is -2.56. The maximum atomic E-state index is 13.2. The molecule has 0 spiro atoms. The van der Waals surface area contributed by atoms with Gasteiger partial charge in [0, 0.05) is 30.4 Å². The first-order valence-electron chi connectivity index (χ1n) is 10.2. The third-order valence-electron chi connectivity index (χ3n) is 6.34. The van der Waals surface area contributed by atoms with E-state index < -0.39 is 17.6 Å². The van der Waals surface area contributed by atoms with Crippen molar-refractivity contribution in [1.29, 1.82) is 0 Å². The molecule has 4 unspecified atom stereocenters. The van der Waals surface area contributed by atoms with Gasteiger partial charge >= 0.3 is 0 Å². The van der Waals surface area contributed by atoms with E-state index in [1.807, 2.05) is 6.92 Å². The minimum Gasteiger partial charge on any atom is -0.502 e. The molecule has 2 N–H and O–H groups in total. The number of carbonyl (C=O) groups excluding carboxylic acids is 1. The van der Waals surface area contributed by atoms with Crippen LogP contribution >= 0.6 is 0 Å². The molecule has 164 valence electrons. The summed E-state index contributed by atoms with van der Waals surface area (Å²) in [5.41, 5.74) is 1.35. The summed E-state index contributed by atoms with van der Waals surface area (Å²) in [7, 11) is 2.88. The Labute approximate surface area is 179 Å². The molecule has 1 fully saturated rings. The van der Waals surface area contributed by atoms with E-state index in [0.29, 0.717) is 41.2 Å². The molecule has 1 saturated carbocycles. The molecule has 3 aliphatic rings. The van der Waals surface area contributed by atoms with Crippen molar-refractivity contribution in [2.45, 2.75) is 31.5 Å². The van der Waals surface area contributed by atoms with Crippen LogP contribution in [-0.4, -0.2) is 42.8 Å². The van der Waals surface area contributed by atoms with E-state index in [4.69, 9.17) is 23.7 Å². The molecule has 0 bridgehead atoms. The van der Waals surface area contributed by atoms with Crippen LogP contribution in [0.2, 0.25) is 0 Å². The number of aromatic hydroxyl groups is 1. The second-order valence-electron chi connectivity index (χ2n) is 8.40. The van der Waals surface area contributed by atoms with Crippen LogP contribution in [0.4, 0.5) is 0 Å². The molecular formula is C23H24O8. The van der Waals surface area contributed by atoms with Crippen molar-refractivity contribution >= 4 is 5.78 Å². The molecule has 4 atom stereocenters. The van der Waals surface area contributed by atoms with Crippen LogP contribution in [0.15, 0.2) is 24.3 Å². The summed E-state index contributed by atoms with van der Waals surface area (Å²) in [5, 5.41) is 21.9. The molecule has 8 heteroatoms. The normalized spacial score (nSPS) is 28.4. The average Bonchev–Trinajstić information content (AvgIpc) is 3.17. The number of rotatable bonds is 3. The number of phenolic OH excluding ortho intramolecular Hbond substituents is 1. The Morgan fingerprint density at radius 1 is 1.03 bits per heavy atom. The molecule has 0 radical (unpaired) electrons. The predicted octanol–water partition coefficient (Wildman–Crippen LogP) is 2.97. The molecule has 2 aromatic rings. The number of phenols is 1. The molecule has 5 rings (SSSR count). The van der Waals surface area contributed by atoms with Gasteiger partial charge in [-0.3, -0.25) is 4.79 Å². The summed E-state index contributed by atoms with van der Waals surface area (Å²) in [6.45, 7) is 2.01. The van der Waals surface area contributed by atoms with E-state index >= 15 is 0 Å². The highest BCUT2D eigenvalue weighted by Crippen LogP contribution is 2.56. The van der Waals surface area contributed by atoms with Gasteiger partial charge in [-0.05, 0) is 29.7 Å². The van der Waals surface area contributed by atoms with Crippen molar-refractivity contribution in [1.82, 2.24) is 0 Å². The van der Waals surface area contributed by atoms with Crippen LogP contribution in [0, 0.1) is 11.8 Å². The number of hydrogen-bond donors (Lipinski definition) is 2. The first-order chi connectivity index (χ1) is 14.8. The van der Waals surface area contributed by atoms with Gasteiger partial charge in [0.1, 0.15) is 11.5 Å². The number of benzene rings is 2. The number of ketones is 1. The molecule has 31 heavy (non-hydrogen) atoms. The van der Waals surface area contributed by atoms with E-state index in [0.717, 1.165) is 0 Å². The minimum absolute atomic E-state index is 0.0196. The van der Waals surface area contributed by atoms with E-state index in [9.17, 15) is 15.0 Å². The molecule has 8 nitrogen and oxygen atoms in total. The van der Waals surface area contributed by atoms with Crippen LogP contribution in [0.25, 0.3) is 0 Å². The van der Waals surface area contributed by atoms with Crippen LogP contribution in [0.3, 0.4) is 0 Å². The smallest absolute Gasteiger partial charge is 0.231 e. The van der Waals surface area contributed by atoms with Gasteiger partial charge in [0.2, 0.25) is 18.3 Å². The van der Waals surface area contributed by atoms with Crippen molar-refractivity contribution in [3.8, 4) is 34.5 Å². The molecule has 2 aliphatic heterocycles. The van der Waals surface area contributed by atoms with Crippen molar-refractivity contribution in [2.75, 3.05) is 21.0 Å². The average molecular weight is 428 g/mol. The van der Waals surface area contributed by atoms with E-state index in [1.54, 1.807) is 24.3 Å². The van der Waals surface area contributed by atoms with Crippen LogP contribution < -0.4 is 23.7 Å². The Bertz CT molecular complexity index is 1040. The number of methoxy groups -OCH3 is 2. The lowest BCUT2D eigenvalue weighted by atomic mass is 9.65. The molecule has 2 heterocycles. The Hall–Kier alpha value is -3.13. The fraction of sp³-hybridized carbons (Fsp3) is 0.435. The first-order valence-corrected chi connectivity index (χ1v) is 10.2. The fourth-order valence-corrected chi connectivity index (χ4v) is 5.08. The van der Waals surface area contributed by atoms with Crippen LogP contribution in [0.1, 0.15) is 36.8 Å². The second-order valence-corrected chi connectivity index (χ2v) is 8.40. The van der Waals surface area contributed by atoms with Gasteiger partial charge in [0.05, 0.1) is 20.1 Å². The van der Waals surface area contributed by atoms with Gasteiger partial charge in [0.25, 0.3) is 0 Å². The van der Waals surface area contributed by atoms with Crippen LogP contribution in [0.5, 0.6) is 34.5 Å². The molecule has 0 saturated heterocycles. The molecule has 0 aromatic heterocycles. The standard InChI is InChI=1S/C23H24O8/c1-11-4-14(24)21-20(12-5-18(27-2)22(25)19(6-12)28-3)13-7-16-17(30-10-29-16)8-15(13)31-23(21,26)9-11/h5-8,11,20-21,25-26H,4,9-10H2,1-3H3. The van der Waals surface area contributed by atoms with Crippen LogP contribution in [-0.2, 0) is 4.79 Å². The Balaban J connectivity index is 1.75. The topological polar surface area (TPSA) is 104 Å². The Morgan fingerprint density at radius 2 is 1.68 bits per heavy atom. The van der Waals surface area contributed by atoms with Gasteiger partial charge in [-0.15, -0.1) is 0 Å². The van der Waals surface area contributed by atoms with Crippen molar-refractivity contribution in [3.05, 3.63) is 35.4 Å². The Morgan fingerprint density at radius 3 is 2.32 bits per heavy atom. The van der Waals surface area contributed by atoms with Crippen molar-refractivity contribution in [3.63, 3.8) is 0 Å². The van der Waals surface area contributed by atoms with Gasteiger partial charge in [-0.1, -0.05) is 6.92 Å². The second kappa shape index (κ2) is 6.95. The lowest BCUT2D eigenvalue weighted by molar-refractivity contribution is -0.213. The van der Waals surface area contributed by atoms with Crippen molar-refractivity contribution in [2.24, 2.45) is 11.8 Å². The fourth-order valence-electron chi connectivity index (χ4n) is 5.08. The molecular weight excluding hydrogens is 404 g/mol.